The average molecular weight is 365 g/mol. The second kappa shape index (κ2) is 7.73. The van der Waals surface area contributed by atoms with Crippen molar-refractivity contribution in [2.24, 2.45) is 5.11 Å². The van der Waals surface area contributed by atoms with Crippen molar-refractivity contribution in [2.45, 2.75) is 31.8 Å². The van der Waals surface area contributed by atoms with Crippen molar-refractivity contribution in [2.75, 3.05) is 19.1 Å². The van der Waals surface area contributed by atoms with Crippen LogP contribution in [0.1, 0.15) is 18.2 Å². The third-order valence-corrected chi connectivity index (χ3v) is 4.27. The molecule has 0 aromatic carbocycles. The number of ether oxygens (including phenoxy) is 2. The molecule has 2 aromatic heterocycles. The van der Waals surface area contributed by atoms with Gasteiger partial charge in [-0.15, -0.1) is 0 Å². The van der Waals surface area contributed by atoms with E-state index in [2.05, 4.69) is 20.0 Å². The van der Waals surface area contributed by atoms with E-state index in [1.54, 1.807) is 0 Å². The highest BCUT2D eigenvalue weighted by atomic mass is 31.1. The molecule has 1 aliphatic heterocycles. The minimum atomic E-state index is -0.461. The van der Waals surface area contributed by atoms with E-state index < -0.39 is 14.8 Å². The van der Waals surface area contributed by atoms with Gasteiger partial charge in [-0.3, -0.25) is 4.52 Å². The van der Waals surface area contributed by atoms with Crippen LogP contribution in [0.5, 0.6) is 0 Å². The lowest BCUT2D eigenvalue weighted by atomic mass is 10.2. The zero-order valence-corrected chi connectivity index (χ0v) is 14.2. The van der Waals surface area contributed by atoms with Crippen LogP contribution >= 0.6 is 8.69 Å². The summed E-state index contributed by atoms with van der Waals surface area (Å²) in [5.74, 6) is 0.403. The second-order valence-corrected chi connectivity index (χ2v) is 5.88. The topological polar surface area (TPSA) is 150 Å². The summed E-state index contributed by atoms with van der Waals surface area (Å²) in [5, 5.41) is 4.14. The molecule has 3 rings (SSSR count). The van der Waals surface area contributed by atoms with Crippen LogP contribution in [0.4, 0.5) is 5.82 Å². The molecule has 0 saturated carbocycles. The van der Waals surface area contributed by atoms with Crippen molar-refractivity contribution >= 4 is 25.5 Å². The summed E-state index contributed by atoms with van der Waals surface area (Å²) in [6, 6.07) is 0. The first-order valence-electron chi connectivity index (χ1n) is 7.45. The predicted molar refractivity (Wildman–Crippen MR) is 87.6 cm³/mol. The zero-order chi connectivity index (χ0) is 17.8. The molecule has 132 valence electrons. The third-order valence-electron chi connectivity index (χ3n) is 4.02. The summed E-state index contributed by atoms with van der Waals surface area (Å²) >= 11 is 0. The number of aromatic nitrogens is 3. The molecule has 0 radical (unpaired) electrons. The van der Waals surface area contributed by atoms with Gasteiger partial charge in [0.15, 0.2) is 0 Å². The minimum absolute atomic E-state index is 0.0811. The summed E-state index contributed by atoms with van der Waals surface area (Å²) in [4.78, 5) is 11.0. The normalized spacial score (nSPS) is 23.2. The maximum absolute atomic E-state index is 10.6. The maximum atomic E-state index is 10.6. The number of hydrogen-bond donors (Lipinski definition) is 1. The van der Waals surface area contributed by atoms with Gasteiger partial charge in [0.2, 0.25) is 0 Å². The molecular formula is C13H16N7O4P. The molecule has 1 saturated heterocycles. The number of nitrogen functional groups attached to an aromatic ring is 1. The van der Waals surface area contributed by atoms with Crippen molar-refractivity contribution in [1.29, 1.82) is 0 Å². The summed E-state index contributed by atoms with van der Waals surface area (Å²) in [7, 11) is -0.438. The molecule has 0 bridgehead atoms. The number of rotatable bonds is 7. The fraction of sp³-hybridized carbons (Fsp3) is 0.538. The molecule has 0 amide bonds. The maximum Gasteiger partial charge on any atom is 0.327 e. The Hall–Kier alpha value is -2.29. The molecule has 11 nitrogen and oxygen atoms in total. The van der Waals surface area contributed by atoms with Gasteiger partial charge < -0.3 is 19.8 Å². The van der Waals surface area contributed by atoms with Gasteiger partial charge in [-0.25, -0.2) is 14.5 Å². The number of anilines is 1. The number of nitrogens with zero attached hydrogens (tertiary/aromatic N) is 6. The van der Waals surface area contributed by atoms with Crippen LogP contribution in [0.15, 0.2) is 17.6 Å². The Kier molecular flexibility index (Phi) is 5.42. The van der Waals surface area contributed by atoms with Crippen molar-refractivity contribution in [3.63, 3.8) is 0 Å². The Balaban J connectivity index is 1.86. The van der Waals surface area contributed by atoms with Gasteiger partial charge in [0.25, 0.3) is 0 Å². The number of fused-ring (bicyclic) bond motifs is 1. The lowest BCUT2D eigenvalue weighted by Gasteiger charge is -2.16. The molecule has 3 heterocycles. The first-order valence-corrected chi connectivity index (χ1v) is 8.19. The smallest absolute Gasteiger partial charge is 0.327 e. The van der Waals surface area contributed by atoms with Gasteiger partial charge in [-0.1, -0.05) is 5.11 Å². The average Bonchev–Trinajstić information content (AvgIpc) is 3.15. The first-order chi connectivity index (χ1) is 12.2. The zero-order valence-electron chi connectivity index (χ0n) is 13.3. The van der Waals surface area contributed by atoms with Crippen LogP contribution in [-0.2, 0) is 18.6 Å². The van der Waals surface area contributed by atoms with Gasteiger partial charge in [0, 0.05) is 17.5 Å². The molecule has 3 unspecified atom stereocenters. The molecule has 0 spiro atoms. The summed E-state index contributed by atoms with van der Waals surface area (Å²) in [5.41, 5.74) is 15.9. The van der Waals surface area contributed by atoms with Gasteiger partial charge >= 0.3 is 8.69 Å². The summed E-state index contributed by atoms with van der Waals surface area (Å²) in [6.07, 6.45) is 2.55. The van der Waals surface area contributed by atoms with Crippen LogP contribution in [0.3, 0.4) is 0 Å². The highest BCUT2D eigenvalue weighted by Crippen LogP contribution is 2.35. The highest BCUT2D eigenvalue weighted by molar-refractivity contribution is 7.17. The summed E-state index contributed by atoms with van der Waals surface area (Å²) < 4.78 is 28.9. The minimum Gasteiger partial charge on any atom is -0.383 e. The molecular weight excluding hydrogens is 349 g/mol. The largest absolute Gasteiger partial charge is 0.383 e. The van der Waals surface area contributed by atoms with Crippen LogP contribution < -0.4 is 5.73 Å². The Morgan fingerprint density at radius 2 is 2.44 bits per heavy atom. The van der Waals surface area contributed by atoms with E-state index in [0.717, 1.165) is 10.9 Å². The van der Waals surface area contributed by atoms with E-state index in [4.69, 9.17) is 25.3 Å². The number of aryl methyl sites for hydroxylation is 1. The Morgan fingerprint density at radius 1 is 1.60 bits per heavy atom. The fourth-order valence-electron chi connectivity index (χ4n) is 2.97. The van der Waals surface area contributed by atoms with Crippen LogP contribution in [0, 0.1) is 6.92 Å². The monoisotopic (exact) mass is 365 g/mol. The highest BCUT2D eigenvalue weighted by Gasteiger charge is 2.38. The molecule has 3 atom stereocenters. The Bertz CT molecular complexity index is 822. The van der Waals surface area contributed by atoms with Crippen molar-refractivity contribution < 1.29 is 18.6 Å². The van der Waals surface area contributed by atoms with Crippen LogP contribution in [-0.4, -0.2) is 40.1 Å². The molecule has 25 heavy (non-hydrogen) atoms. The SMILES string of the molecule is Cc1cn(C2CC(OCN=[N+]=[N-])C(COP=O)O2)c2ncnc(N)c12. The standard InChI is InChI=1S/C13H16N7O4P/c1-7-3-20(13-11(7)12(14)16-5-17-13)10-2-8(22-6-18-19-15)9(24-10)4-23-25-21/h3,5,8-10H,2,4,6H2,1H3,(H2,14,16,17). The molecule has 12 heteroatoms. The van der Waals surface area contributed by atoms with E-state index in [-0.39, 0.29) is 25.7 Å². The van der Waals surface area contributed by atoms with E-state index in [9.17, 15) is 4.57 Å². The molecule has 0 aliphatic carbocycles. The number of azide groups is 1. The lowest BCUT2D eigenvalue weighted by Crippen LogP contribution is -2.28. The third kappa shape index (κ3) is 3.55. The number of nitrogens with two attached hydrogens (primary N) is 1. The van der Waals surface area contributed by atoms with E-state index in [0.29, 0.717) is 17.9 Å². The van der Waals surface area contributed by atoms with Crippen LogP contribution in [0.25, 0.3) is 21.5 Å². The van der Waals surface area contributed by atoms with E-state index in [1.165, 1.54) is 6.33 Å². The number of hydrogen-bond acceptors (Lipinski definition) is 8. The van der Waals surface area contributed by atoms with E-state index >= 15 is 0 Å². The quantitative estimate of drug-likeness (QED) is 0.342. The fourth-order valence-corrected chi connectivity index (χ4v) is 3.18. The van der Waals surface area contributed by atoms with Gasteiger partial charge in [-0.2, -0.15) is 0 Å². The van der Waals surface area contributed by atoms with Gasteiger partial charge in [0.05, 0.1) is 18.1 Å². The first kappa shape index (κ1) is 17.5. The van der Waals surface area contributed by atoms with Gasteiger partial charge in [-0.05, 0) is 18.0 Å². The Morgan fingerprint density at radius 3 is 3.20 bits per heavy atom. The lowest BCUT2D eigenvalue weighted by molar-refractivity contribution is -0.0530. The summed E-state index contributed by atoms with van der Waals surface area (Å²) in [6.45, 7) is 1.88. The predicted octanol–water partition coefficient (Wildman–Crippen LogP) is 2.49. The van der Waals surface area contributed by atoms with E-state index in [1.807, 2.05) is 17.7 Å². The van der Waals surface area contributed by atoms with Crippen molar-refractivity contribution in [1.82, 2.24) is 14.5 Å². The molecule has 1 fully saturated rings. The van der Waals surface area contributed by atoms with Crippen LogP contribution in [0.2, 0.25) is 0 Å². The molecule has 2 aromatic rings. The Labute approximate surface area is 144 Å². The molecule has 1 aliphatic rings. The molecule has 2 N–H and O–H groups in total. The van der Waals surface area contributed by atoms with Crippen molar-refractivity contribution in [3.8, 4) is 0 Å². The second-order valence-electron chi connectivity index (χ2n) is 5.48. The van der Waals surface area contributed by atoms with Gasteiger partial charge in [0.1, 0.15) is 36.9 Å². The van der Waals surface area contributed by atoms with Crippen molar-refractivity contribution in [3.05, 3.63) is 28.5 Å².